The molecule has 1 N–H and O–H groups in total. The van der Waals surface area contributed by atoms with Crippen LogP contribution in [0, 0.1) is 11.8 Å². The Balaban J connectivity index is 1.69. The molecule has 0 aromatic carbocycles. The summed E-state index contributed by atoms with van der Waals surface area (Å²) in [5.41, 5.74) is 0. The number of ether oxygens (including phenoxy) is 3. The fraction of sp³-hybridized carbons (Fsp3) is 0.909. The van der Waals surface area contributed by atoms with Gasteiger partial charge in [-0.2, -0.15) is 25.6 Å². The van der Waals surface area contributed by atoms with E-state index in [-0.39, 0.29) is 26.1 Å². The fourth-order valence-electron chi connectivity index (χ4n) is 4.28. The number of esters is 1. The molecule has 2 heterocycles. The molecule has 4 atom stereocenters. The van der Waals surface area contributed by atoms with E-state index < -0.39 is 60.1 Å². The maximum absolute atomic E-state index is 13.5. The minimum atomic E-state index is -6.09. The molecule has 2 saturated carbocycles. The van der Waals surface area contributed by atoms with E-state index in [1.165, 1.54) is 0 Å². The SMILES string of the molecule is O=C(OC12CC3CC1C(C31OCCO1)S(=O)(=O)O2)C(F)(F)S(=O)(=O)O. The predicted octanol–water partition coefficient (Wildman–Crippen LogP) is -0.782. The summed E-state index contributed by atoms with van der Waals surface area (Å²) < 4.78 is 102. The summed E-state index contributed by atoms with van der Waals surface area (Å²) in [6, 6.07) is 0. The molecule has 142 valence electrons. The van der Waals surface area contributed by atoms with Gasteiger partial charge in [-0.15, -0.1) is 0 Å². The molecule has 4 unspecified atom stereocenters. The number of carbonyl (C=O) groups excluding carboxylic acids is 1. The van der Waals surface area contributed by atoms with Gasteiger partial charge in [-0.1, -0.05) is 0 Å². The molecule has 2 bridgehead atoms. The molecule has 0 radical (unpaired) electrons. The molecule has 14 heteroatoms. The van der Waals surface area contributed by atoms with Crippen LogP contribution >= 0.6 is 0 Å². The number of halogens is 2. The molecule has 0 aromatic rings. The van der Waals surface area contributed by atoms with Crippen molar-refractivity contribution in [1.29, 1.82) is 0 Å². The van der Waals surface area contributed by atoms with E-state index in [1.807, 2.05) is 0 Å². The summed E-state index contributed by atoms with van der Waals surface area (Å²) in [7, 11) is -10.5. The lowest BCUT2D eigenvalue weighted by atomic mass is 9.88. The van der Waals surface area contributed by atoms with Crippen LogP contribution in [-0.2, 0) is 43.4 Å². The third-order valence-electron chi connectivity index (χ3n) is 5.10. The van der Waals surface area contributed by atoms with Crippen LogP contribution in [0.1, 0.15) is 12.8 Å². The Morgan fingerprint density at radius 2 is 1.88 bits per heavy atom. The summed E-state index contributed by atoms with van der Waals surface area (Å²) in [6.07, 6.45) is -0.213. The molecule has 4 fully saturated rings. The van der Waals surface area contributed by atoms with Crippen molar-refractivity contribution in [2.24, 2.45) is 11.8 Å². The first-order valence-corrected chi connectivity index (χ1v) is 10.1. The van der Waals surface area contributed by atoms with Crippen LogP contribution in [0.4, 0.5) is 8.78 Å². The van der Waals surface area contributed by atoms with Gasteiger partial charge in [0.25, 0.3) is 10.1 Å². The zero-order chi connectivity index (χ0) is 18.5. The van der Waals surface area contributed by atoms with Gasteiger partial charge in [0.05, 0.1) is 19.1 Å². The van der Waals surface area contributed by atoms with Gasteiger partial charge in [0.15, 0.2) is 5.79 Å². The van der Waals surface area contributed by atoms with Crippen molar-refractivity contribution in [2.45, 2.75) is 34.9 Å². The summed E-state index contributed by atoms with van der Waals surface area (Å²) in [6.45, 7) is 0.283. The number of hydrogen-bond acceptors (Lipinski definition) is 9. The summed E-state index contributed by atoms with van der Waals surface area (Å²) in [4.78, 5) is 11.6. The zero-order valence-corrected chi connectivity index (χ0v) is 13.9. The highest BCUT2D eigenvalue weighted by molar-refractivity contribution is 7.88. The van der Waals surface area contributed by atoms with Crippen LogP contribution in [0.25, 0.3) is 0 Å². The van der Waals surface area contributed by atoms with Crippen molar-refractivity contribution in [3.63, 3.8) is 0 Å². The van der Waals surface area contributed by atoms with E-state index in [0.29, 0.717) is 0 Å². The second-order valence-corrected chi connectivity index (χ2v) is 9.47. The Morgan fingerprint density at radius 3 is 2.44 bits per heavy atom. The van der Waals surface area contributed by atoms with Crippen LogP contribution in [0.3, 0.4) is 0 Å². The molecule has 0 amide bonds. The van der Waals surface area contributed by atoms with E-state index in [0.717, 1.165) is 0 Å². The number of rotatable bonds is 3. The Kier molecular flexibility index (Phi) is 3.26. The lowest BCUT2D eigenvalue weighted by Gasteiger charge is -2.37. The first-order valence-electron chi connectivity index (χ1n) is 7.16. The third-order valence-corrected chi connectivity index (χ3v) is 7.71. The molecule has 4 aliphatic rings. The molecule has 4 rings (SSSR count). The van der Waals surface area contributed by atoms with Crippen LogP contribution in [0.5, 0.6) is 0 Å². The Bertz CT molecular complexity index is 846. The Hall–Kier alpha value is -0.930. The minimum absolute atomic E-state index is 0.106. The van der Waals surface area contributed by atoms with Crippen molar-refractivity contribution in [2.75, 3.05) is 13.2 Å². The molecule has 2 saturated heterocycles. The summed E-state index contributed by atoms with van der Waals surface area (Å²) in [5, 5.41) is -6.64. The van der Waals surface area contributed by atoms with Gasteiger partial charge >= 0.3 is 21.3 Å². The average Bonchev–Trinajstić information content (AvgIpc) is 3.13. The van der Waals surface area contributed by atoms with Crippen molar-refractivity contribution in [1.82, 2.24) is 0 Å². The third kappa shape index (κ3) is 2.03. The normalized spacial score (nSPS) is 40.7. The Labute approximate surface area is 140 Å². The average molecular weight is 406 g/mol. The van der Waals surface area contributed by atoms with E-state index in [4.69, 9.17) is 18.2 Å². The first kappa shape index (κ1) is 17.5. The van der Waals surface area contributed by atoms with Crippen molar-refractivity contribution >= 4 is 26.2 Å². The summed E-state index contributed by atoms with van der Waals surface area (Å²) >= 11 is 0. The topological polar surface area (TPSA) is 142 Å². The second kappa shape index (κ2) is 4.67. The molecular weight excluding hydrogens is 394 g/mol. The highest BCUT2D eigenvalue weighted by atomic mass is 32.2. The molecule has 25 heavy (non-hydrogen) atoms. The minimum Gasteiger partial charge on any atom is -0.426 e. The predicted molar refractivity (Wildman–Crippen MR) is 70.0 cm³/mol. The van der Waals surface area contributed by atoms with Gasteiger partial charge in [0, 0.05) is 12.3 Å². The molecule has 0 aromatic heterocycles. The first-order chi connectivity index (χ1) is 11.4. The second-order valence-electron chi connectivity index (χ2n) is 6.35. The van der Waals surface area contributed by atoms with Gasteiger partial charge in [0.1, 0.15) is 5.25 Å². The lowest BCUT2D eigenvalue weighted by molar-refractivity contribution is -0.245. The number of alkyl halides is 2. The van der Waals surface area contributed by atoms with Crippen LogP contribution in [0.15, 0.2) is 0 Å². The molecular formula is C11H12F2O10S2. The largest absolute Gasteiger partial charge is 0.465 e. The Morgan fingerprint density at radius 1 is 1.28 bits per heavy atom. The standard InChI is InChI=1S/C11H12F2O10S2/c12-11(13,25(17,18)19)8(14)22-9-4-5-3-6(9)7(24(15,16)23-9)10(5)20-1-2-21-10/h5-7H,1-4H2,(H,17,18,19). The smallest absolute Gasteiger partial charge is 0.426 e. The van der Waals surface area contributed by atoms with Gasteiger partial charge in [-0.05, 0) is 6.42 Å². The van der Waals surface area contributed by atoms with E-state index >= 15 is 0 Å². The van der Waals surface area contributed by atoms with Crippen molar-refractivity contribution in [3.8, 4) is 0 Å². The van der Waals surface area contributed by atoms with Gasteiger partial charge in [0.2, 0.25) is 5.79 Å². The molecule has 2 aliphatic carbocycles. The van der Waals surface area contributed by atoms with Gasteiger partial charge < -0.3 is 14.2 Å². The van der Waals surface area contributed by atoms with Crippen LogP contribution in [-0.4, -0.2) is 62.7 Å². The molecule has 10 nitrogen and oxygen atoms in total. The van der Waals surface area contributed by atoms with E-state index in [2.05, 4.69) is 4.74 Å². The van der Waals surface area contributed by atoms with Gasteiger partial charge in [-0.3, -0.25) is 4.55 Å². The number of fused-ring (bicyclic) bond motifs is 3. The van der Waals surface area contributed by atoms with Crippen molar-refractivity contribution in [3.05, 3.63) is 0 Å². The van der Waals surface area contributed by atoms with E-state index in [9.17, 15) is 30.4 Å². The maximum Gasteiger partial charge on any atom is 0.465 e. The lowest BCUT2D eigenvalue weighted by Crippen LogP contribution is -2.54. The quantitative estimate of drug-likeness (QED) is 0.360. The number of carbonyl (C=O) groups is 1. The molecule has 1 spiro atoms. The van der Waals surface area contributed by atoms with Gasteiger partial charge in [-0.25, -0.2) is 8.98 Å². The van der Waals surface area contributed by atoms with Crippen LogP contribution < -0.4 is 0 Å². The maximum atomic E-state index is 13.5. The molecule has 2 aliphatic heterocycles. The van der Waals surface area contributed by atoms with Crippen molar-refractivity contribution < 1.29 is 53.4 Å². The fourth-order valence-corrected chi connectivity index (χ4v) is 6.71. The van der Waals surface area contributed by atoms with Crippen LogP contribution in [0.2, 0.25) is 0 Å². The monoisotopic (exact) mass is 406 g/mol. The summed E-state index contributed by atoms with van der Waals surface area (Å²) in [5.74, 6) is -8.02. The highest BCUT2D eigenvalue weighted by Crippen LogP contribution is 2.67. The van der Waals surface area contributed by atoms with E-state index in [1.54, 1.807) is 0 Å². The number of hydrogen-bond donors (Lipinski definition) is 1. The highest BCUT2D eigenvalue weighted by Gasteiger charge is 2.82. The zero-order valence-electron chi connectivity index (χ0n) is 12.3.